The lowest BCUT2D eigenvalue weighted by atomic mass is 9.81. The zero-order chi connectivity index (χ0) is 14.5. The summed E-state index contributed by atoms with van der Waals surface area (Å²) in [5.74, 6) is 1.46. The van der Waals surface area contributed by atoms with Gasteiger partial charge < -0.3 is 11.1 Å². The van der Waals surface area contributed by atoms with Crippen LogP contribution in [0, 0.1) is 5.92 Å². The van der Waals surface area contributed by atoms with Crippen molar-refractivity contribution in [2.75, 3.05) is 11.1 Å². The lowest BCUT2D eigenvalue weighted by Gasteiger charge is -2.32. The van der Waals surface area contributed by atoms with E-state index >= 15 is 0 Å². The Bertz CT molecular complexity index is 562. The zero-order valence-corrected chi connectivity index (χ0v) is 12.3. The molecule has 1 atom stereocenters. The van der Waals surface area contributed by atoms with Gasteiger partial charge in [0.25, 0.3) is 0 Å². The number of nitrogen functional groups attached to an aromatic ring is 1. The van der Waals surface area contributed by atoms with Crippen molar-refractivity contribution in [3.63, 3.8) is 0 Å². The molecule has 0 radical (unpaired) electrons. The topological polar surface area (TPSA) is 50.9 Å². The van der Waals surface area contributed by atoms with E-state index in [4.69, 9.17) is 5.73 Å². The number of aromatic nitrogens is 1. The Balaban J connectivity index is 1.87. The van der Waals surface area contributed by atoms with Crippen LogP contribution < -0.4 is 11.1 Å². The third-order valence-corrected chi connectivity index (χ3v) is 4.41. The molecule has 0 saturated heterocycles. The third kappa shape index (κ3) is 3.35. The molecule has 1 aliphatic carbocycles. The lowest BCUT2D eigenvalue weighted by Crippen LogP contribution is -2.24. The summed E-state index contributed by atoms with van der Waals surface area (Å²) in [6.07, 6.45) is 8.37. The monoisotopic (exact) mass is 281 g/mol. The van der Waals surface area contributed by atoms with E-state index in [1.54, 1.807) is 6.20 Å². The molecule has 3 heteroatoms. The number of pyridine rings is 1. The van der Waals surface area contributed by atoms with Crippen molar-refractivity contribution >= 4 is 11.5 Å². The zero-order valence-electron chi connectivity index (χ0n) is 12.3. The molecular formula is C18H23N3. The highest BCUT2D eigenvalue weighted by Crippen LogP contribution is 2.37. The van der Waals surface area contributed by atoms with Crippen LogP contribution in [0.5, 0.6) is 0 Å². The van der Waals surface area contributed by atoms with Crippen LogP contribution in [0.1, 0.15) is 43.7 Å². The summed E-state index contributed by atoms with van der Waals surface area (Å²) < 4.78 is 0. The van der Waals surface area contributed by atoms with Gasteiger partial charge in [0, 0.05) is 6.20 Å². The van der Waals surface area contributed by atoms with E-state index in [2.05, 4.69) is 40.6 Å². The van der Waals surface area contributed by atoms with Crippen molar-refractivity contribution in [1.29, 1.82) is 0 Å². The maximum absolute atomic E-state index is 6.05. The van der Waals surface area contributed by atoms with Gasteiger partial charge in [-0.25, -0.2) is 4.98 Å². The molecule has 1 unspecified atom stereocenters. The first kappa shape index (κ1) is 13.9. The average Bonchev–Trinajstić information content (AvgIpc) is 2.56. The Labute approximate surface area is 126 Å². The van der Waals surface area contributed by atoms with Gasteiger partial charge in [0.2, 0.25) is 0 Å². The maximum atomic E-state index is 6.05. The summed E-state index contributed by atoms with van der Waals surface area (Å²) in [5, 5.41) is 3.60. The summed E-state index contributed by atoms with van der Waals surface area (Å²) in [4.78, 5) is 4.40. The first-order valence-electron chi connectivity index (χ1n) is 7.86. The number of anilines is 2. The molecule has 110 valence electrons. The Morgan fingerprint density at radius 3 is 2.48 bits per heavy atom. The summed E-state index contributed by atoms with van der Waals surface area (Å²) in [6.45, 7) is 0. The third-order valence-electron chi connectivity index (χ3n) is 4.41. The first-order valence-corrected chi connectivity index (χ1v) is 7.86. The van der Waals surface area contributed by atoms with E-state index in [9.17, 15) is 0 Å². The highest BCUT2D eigenvalue weighted by Gasteiger charge is 2.25. The predicted octanol–water partition coefficient (Wildman–Crippen LogP) is 4.40. The van der Waals surface area contributed by atoms with Crippen molar-refractivity contribution in [1.82, 2.24) is 4.98 Å². The maximum Gasteiger partial charge on any atom is 0.149 e. The van der Waals surface area contributed by atoms with E-state index in [1.165, 1.54) is 37.7 Å². The molecule has 1 fully saturated rings. The number of hydrogen-bond donors (Lipinski definition) is 2. The van der Waals surface area contributed by atoms with Crippen LogP contribution in [-0.4, -0.2) is 4.98 Å². The van der Waals surface area contributed by atoms with Gasteiger partial charge in [-0.05, 0) is 36.5 Å². The average molecular weight is 281 g/mol. The Hall–Kier alpha value is -2.03. The molecule has 1 aromatic carbocycles. The second kappa shape index (κ2) is 6.61. The molecule has 1 aromatic heterocycles. The fraction of sp³-hybridized carbons (Fsp3) is 0.389. The Kier molecular flexibility index (Phi) is 4.39. The van der Waals surface area contributed by atoms with Gasteiger partial charge >= 0.3 is 0 Å². The van der Waals surface area contributed by atoms with Crippen molar-refractivity contribution < 1.29 is 0 Å². The highest BCUT2D eigenvalue weighted by molar-refractivity contribution is 5.61. The first-order chi connectivity index (χ1) is 10.3. The van der Waals surface area contributed by atoms with Crippen molar-refractivity contribution in [2.24, 2.45) is 5.92 Å². The summed E-state index contributed by atoms with van der Waals surface area (Å²) in [7, 11) is 0. The molecule has 0 aliphatic heterocycles. The van der Waals surface area contributed by atoms with Crippen molar-refractivity contribution in [2.45, 2.75) is 38.1 Å². The Morgan fingerprint density at radius 1 is 1.00 bits per heavy atom. The molecule has 0 spiro atoms. The van der Waals surface area contributed by atoms with Crippen molar-refractivity contribution in [3.05, 3.63) is 54.2 Å². The minimum Gasteiger partial charge on any atom is -0.396 e. The molecule has 3 rings (SSSR count). The normalized spacial score (nSPS) is 17.3. The standard InChI is InChI=1S/C18H23N3/c19-16-12-7-13-20-18(16)21-17(14-8-3-1-4-9-14)15-10-5-2-6-11-15/h1,3-4,7-9,12-13,15,17H,2,5-6,10-11,19H2,(H,20,21). The number of benzene rings is 1. The molecule has 3 nitrogen and oxygen atoms in total. The van der Waals surface area contributed by atoms with E-state index in [0.29, 0.717) is 17.6 Å². The van der Waals surface area contributed by atoms with Gasteiger partial charge in [-0.2, -0.15) is 0 Å². The van der Waals surface area contributed by atoms with Crippen LogP contribution in [0.25, 0.3) is 0 Å². The SMILES string of the molecule is Nc1cccnc1NC(c1ccccc1)C1CCCCC1. The second-order valence-electron chi connectivity index (χ2n) is 5.87. The fourth-order valence-corrected chi connectivity index (χ4v) is 3.29. The molecule has 21 heavy (non-hydrogen) atoms. The summed E-state index contributed by atoms with van der Waals surface area (Å²) in [6, 6.07) is 14.7. The molecule has 0 amide bonds. The summed E-state index contributed by atoms with van der Waals surface area (Å²) in [5.41, 5.74) is 8.10. The van der Waals surface area contributed by atoms with Gasteiger partial charge in [0.05, 0.1) is 11.7 Å². The van der Waals surface area contributed by atoms with Gasteiger partial charge in [0.1, 0.15) is 5.82 Å². The van der Waals surface area contributed by atoms with Crippen LogP contribution in [0.2, 0.25) is 0 Å². The minimum absolute atomic E-state index is 0.295. The van der Waals surface area contributed by atoms with Crippen LogP contribution in [-0.2, 0) is 0 Å². The van der Waals surface area contributed by atoms with Crippen LogP contribution in [0.4, 0.5) is 11.5 Å². The largest absolute Gasteiger partial charge is 0.396 e. The smallest absolute Gasteiger partial charge is 0.149 e. The molecule has 1 heterocycles. The molecule has 3 N–H and O–H groups in total. The number of hydrogen-bond acceptors (Lipinski definition) is 3. The number of nitrogens with two attached hydrogens (primary N) is 1. The number of nitrogens with zero attached hydrogens (tertiary/aromatic N) is 1. The molecule has 1 saturated carbocycles. The minimum atomic E-state index is 0.295. The van der Waals surface area contributed by atoms with E-state index < -0.39 is 0 Å². The van der Waals surface area contributed by atoms with Crippen molar-refractivity contribution in [3.8, 4) is 0 Å². The number of rotatable bonds is 4. The van der Waals surface area contributed by atoms with Gasteiger partial charge in [-0.3, -0.25) is 0 Å². The molecule has 1 aliphatic rings. The molecule has 2 aromatic rings. The van der Waals surface area contributed by atoms with Gasteiger partial charge in [0.15, 0.2) is 0 Å². The quantitative estimate of drug-likeness (QED) is 0.873. The van der Waals surface area contributed by atoms with Gasteiger partial charge in [-0.15, -0.1) is 0 Å². The van der Waals surface area contributed by atoms with Crippen LogP contribution >= 0.6 is 0 Å². The van der Waals surface area contributed by atoms with E-state index in [1.807, 2.05) is 12.1 Å². The molecule has 0 bridgehead atoms. The highest BCUT2D eigenvalue weighted by atomic mass is 15.0. The second-order valence-corrected chi connectivity index (χ2v) is 5.87. The van der Waals surface area contributed by atoms with E-state index in [0.717, 1.165) is 5.82 Å². The Morgan fingerprint density at radius 2 is 1.76 bits per heavy atom. The predicted molar refractivity (Wildman–Crippen MR) is 88.0 cm³/mol. The number of nitrogens with one attached hydrogen (secondary N) is 1. The van der Waals surface area contributed by atoms with E-state index in [-0.39, 0.29) is 0 Å². The fourth-order valence-electron chi connectivity index (χ4n) is 3.29. The molecular weight excluding hydrogens is 258 g/mol. The summed E-state index contributed by atoms with van der Waals surface area (Å²) >= 11 is 0. The van der Waals surface area contributed by atoms with Crippen LogP contribution in [0.15, 0.2) is 48.7 Å². The van der Waals surface area contributed by atoms with Gasteiger partial charge in [-0.1, -0.05) is 49.6 Å². The lowest BCUT2D eigenvalue weighted by molar-refractivity contribution is 0.320. The van der Waals surface area contributed by atoms with Crippen LogP contribution in [0.3, 0.4) is 0 Å².